The topological polar surface area (TPSA) is 75.8 Å². The Balaban J connectivity index is 3.49. The number of hydrogen-bond acceptors (Lipinski definition) is 4. The van der Waals surface area contributed by atoms with Crippen LogP contribution in [0.5, 0.6) is 0 Å². The standard InChI is InChI=1S/C8H18N2O3/c1-10(4-3-5-13-2)6-7(9)8(11)12/h7H,3-6,9H2,1-2H3,(H,11,12). The SMILES string of the molecule is COCCCN(C)CC(N)C(=O)O. The molecule has 13 heavy (non-hydrogen) atoms. The number of ether oxygens (including phenoxy) is 1. The minimum Gasteiger partial charge on any atom is -0.480 e. The largest absolute Gasteiger partial charge is 0.480 e. The van der Waals surface area contributed by atoms with Gasteiger partial charge in [-0.3, -0.25) is 4.79 Å². The zero-order chi connectivity index (χ0) is 10.3. The van der Waals surface area contributed by atoms with E-state index in [4.69, 9.17) is 15.6 Å². The van der Waals surface area contributed by atoms with Crippen LogP contribution in [0.3, 0.4) is 0 Å². The Morgan fingerprint density at radius 3 is 2.77 bits per heavy atom. The molecular weight excluding hydrogens is 172 g/mol. The highest BCUT2D eigenvalue weighted by Gasteiger charge is 2.13. The van der Waals surface area contributed by atoms with Gasteiger partial charge < -0.3 is 20.5 Å². The van der Waals surface area contributed by atoms with Crippen LogP contribution in [0.4, 0.5) is 0 Å². The van der Waals surface area contributed by atoms with Crippen molar-refractivity contribution in [2.24, 2.45) is 5.73 Å². The van der Waals surface area contributed by atoms with E-state index in [1.54, 1.807) is 7.11 Å². The molecule has 5 heteroatoms. The lowest BCUT2D eigenvalue weighted by atomic mass is 10.3. The number of hydrogen-bond donors (Lipinski definition) is 2. The Bertz CT molecular complexity index is 152. The quantitative estimate of drug-likeness (QED) is 0.523. The summed E-state index contributed by atoms with van der Waals surface area (Å²) in [5.41, 5.74) is 5.35. The lowest BCUT2D eigenvalue weighted by Gasteiger charge is -2.18. The summed E-state index contributed by atoms with van der Waals surface area (Å²) in [6, 6.07) is -0.799. The maximum absolute atomic E-state index is 10.4. The van der Waals surface area contributed by atoms with E-state index in [1.807, 2.05) is 11.9 Å². The number of rotatable bonds is 7. The van der Waals surface area contributed by atoms with E-state index in [0.29, 0.717) is 13.2 Å². The molecule has 0 spiro atoms. The predicted octanol–water partition coefficient (Wildman–Crippen LogP) is -0.633. The lowest BCUT2D eigenvalue weighted by Crippen LogP contribution is -2.41. The summed E-state index contributed by atoms with van der Waals surface area (Å²) in [6.07, 6.45) is 0.888. The molecule has 0 bridgehead atoms. The Morgan fingerprint density at radius 1 is 1.69 bits per heavy atom. The van der Waals surface area contributed by atoms with Crippen molar-refractivity contribution in [1.82, 2.24) is 4.90 Å². The first kappa shape index (κ1) is 12.3. The Labute approximate surface area is 78.5 Å². The molecule has 0 rings (SSSR count). The molecule has 0 radical (unpaired) electrons. The van der Waals surface area contributed by atoms with E-state index in [9.17, 15) is 4.79 Å². The Kier molecular flexibility index (Phi) is 6.48. The third-order valence-corrected chi connectivity index (χ3v) is 1.71. The van der Waals surface area contributed by atoms with Crippen molar-refractivity contribution in [3.8, 4) is 0 Å². The molecule has 0 aliphatic rings. The average Bonchev–Trinajstić information content (AvgIpc) is 2.04. The zero-order valence-electron chi connectivity index (χ0n) is 8.19. The summed E-state index contributed by atoms with van der Waals surface area (Å²) < 4.78 is 4.87. The second kappa shape index (κ2) is 6.82. The van der Waals surface area contributed by atoms with Gasteiger partial charge in [-0.05, 0) is 13.5 Å². The lowest BCUT2D eigenvalue weighted by molar-refractivity contribution is -0.138. The number of carboxylic acid groups (broad SMARTS) is 1. The summed E-state index contributed by atoms with van der Waals surface area (Å²) in [4.78, 5) is 12.3. The number of carboxylic acids is 1. The fourth-order valence-electron chi connectivity index (χ4n) is 0.984. The van der Waals surface area contributed by atoms with Gasteiger partial charge >= 0.3 is 5.97 Å². The number of likely N-dealkylation sites (N-methyl/N-ethyl adjacent to an activating group) is 1. The Hall–Kier alpha value is -0.650. The van der Waals surface area contributed by atoms with Crippen molar-refractivity contribution >= 4 is 5.97 Å². The monoisotopic (exact) mass is 190 g/mol. The summed E-state index contributed by atoms with van der Waals surface area (Å²) in [5, 5.41) is 8.53. The van der Waals surface area contributed by atoms with Gasteiger partial charge in [0.2, 0.25) is 0 Å². The summed E-state index contributed by atoms with van der Waals surface area (Å²) >= 11 is 0. The van der Waals surface area contributed by atoms with E-state index < -0.39 is 12.0 Å². The minimum atomic E-state index is -0.960. The van der Waals surface area contributed by atoms with Crippen LogP contribution in [0.2, 0.25) is 0 Å². The fourth-order valence-corrected chi connectivity index (χ4v) is 0.984. The van der Waals surface area contributed by atoms with Gasteiger partial charge in [0.1, 0.15) is 6.04 Å². The van der Waals surface area contributed by atoms with Crippen LogP contribution >= 0.6 is 0 Å². The van der Waals surface area contributed by atoms with Crippen molar-refractivity contribution < 1.29 is 14.6 Å². The van der Waals surface area contributed by atoms with Crippen molar-refractivity contribution in [2.45, 2.75) is 12.5 Å². The summed E-state index contributed by atoms with van der Waals surface area (Å²) in [7, 11) is 3.49. The molecule has 1 atom stereocenters. The molecule has 0 aromatic carbocycles. The second-order valence-electron chi connectivity index (χ2n) is 3.05. The molecule has 0 aromatic rings. The van der Waals surface area contributed by atoms with Gasteiger partial charge in [-0.15, -0.1) is 0 Å². The molecule has 0 saturated heterocycles. The van der Waals surface area contributed by atoms with Crippen LogP contribution in [0.15, 0.2) is 0 Å². The van der Waals surface area contributed by atoms with Crippen molar-refractivity contribution in [3.63, 3.8) is 0 Å². The van der Waals surface area contributed by atoms with E-state index in [1.165, 1.54) is 0 Å². The number of carbonyl (C=O) groups is 1. The first-order valence-corrected chi connectivity index (χ1v) is 4.23. The Morgan fingerprint density at radius 2 is 2.31 bits per heavy atom. The highest BCUT2D eigenvalue weighted by molar-refractivity contribution is 5.73. The molecule has 0 aromatic heterocycles. The molecule has 0 heterocycles. The first-order chi connectivity index (χ1) is 6.07. The van der Waals surface area contributed by atoms with E-state index in [2.05, 4.69) is 0 Å². The molecule has 3 N–H and O–H groups in total. The van der Waals surface area contributed by atoms with E-state index in [-0.39, 0.29) is 0 Å². The second-order valence-corrected chi connectivity index (χ2v) is 3.05. The molecule has 0 fully saturated rings. The van der Waals surface area contributed by atoms with Crippen LogP contribution in [0, 0.1) is 0 Å². The predicted molar refractivity (Wildman–Crippen MR) is 49.6 cm³/mol. The van der Waals surface area contributed by atoms with Gasteiger partial charge in [-0.25, -0.2) is 0 Å². The molecule has 1 unspecified atom stereocenters. The van der Waals surface area contributed by atoms with Crippen LogP contribution in [-0.4, -0.2) is 55.9 Å². The van der Waals surface area contributed by atoms with Gasteiger partial charge in [0.05, 0.1) is 0 Å². The van der Waals surface area contributed by atoms with Crippen molar-refractivity contribution in [1.29, 1.82) is 0 Å². The number of nitrogens with two attached hydrogens (primary N) is 1. The van der Waals surface area contributed by atoms with Gasteiger partial charge in [0, 0.05) is 26.8 Å². The minimum absolute atomic E-state index is 0.374. The number of methoxy groups -OCH3 is 1. The van der Waals surface area contributed by atoms with Gasteiger partial charge in [0.25, 0.3) is 0 Å². The maximum atomic E-state index is 10.4. The van der Waals surface area contributed by atoms with E-state index in [0.717, 1.165) is 13.0 Å². The molecule has 5 nitrogen and oxygen atoms in total. The molecule has 78 valence electrons. The number of aliphatic carboxylic acids is 1. The molecule has 0 amide bonds. The van der Waals surface area contributed by atoms with Crippen molar-refractivity contribution in [3.05, 3.63) is 0 Å². The third kappa shape index (κ3) is 6.51. The highest BCUT2D eigenvalue weighted by Crippen LogP contribution is 1.90. The van der Waals surface area contributed by atoms with Crippen LogP contribution in [-0.2, 0) is 9.53 Å². The number of nitrogens with zero attached hydrogens (tertiary/aromatic N) is 1. The van der Waals surface area contributed by atoms with Gasteiger partial charge in [0.15, 0.2) is 0 Å². The van der Waals surface area contributed by atoms with Crippen LogP contribution in [0.1, 0.15) is 6.42 Å². The first-order valence-electron chi connectivity index (χ1n) is 4.23. The fraction of sp³-hybridized carbons (Fsp3) is 0.875. The van der Waals surface area contributed by atoms with Gasteiger partial charge in [-0.2, -0.15) is 0 Å². The molecule has 0 aliphatic heterocycles. The van der Waals surface area contributed by atoms with Gasteiger partial charge in [-0.1, -0.05) is 0 Å². The summed E-state index contributed by atoms with van der Waals surface area (Å²) in [5.74, 6) is -0.960. The van der Waals surface area contributed by atoms with Crippen LogP contribution in [0.25, 0.3) is 0 Å². The molecule has 0 aliphatic carbocycles. The maximum Gasteiger partial charge on any atom is 0.321 e. The molecular formula is C8H18N2O3. The zero-order valence-corrected chi connectivity index (χ0v) is 8.19. The van der Waals surface area contributed by atoms with E-state index >= 15 is 0 Å². The third-order valence-electron chi connectivity index (χ3n) is 1.71. The highest BCUT2D eigenvalue weighted by atomic mass is 16.5. The van der Waals surface area contributed by atoms with Crippen molar-refractivity contribution in [2.75, 3.05) is 33.9 Å². The molecule has 0 saturated carbocycles. The smallest absolute Gasteiger partial charge is 0.321 e. The average molecular weight is 190 g/mol. The van der Waals surface area contributed by atoms with Crippen LogP contribution < -0.4 is 5.73 Å². The summed E-state index contributed by atoms with van der Waals surface area (Å²) in [6.45, 7) is 1.86. The normalized spacial score (nSPS) is 13.2.